The Morgan fingerprint density at radius 2 is 2.24 bits per heavy atom. The van der Waals surface area contributed by atoms with Gasteiger partial charge in [-0.25, -0.2) is 4.98 Å². The molecule has 0 fully saturated rings. The van der Waals surface area contributed by atoms with Crippen LogP contribution in [0.25, 0.3) is 0 Å². The molecule has 0 saturated heterocycles. The van der Waals surface area contributed by atoms with Crippen LogP contribution in [0.2, 0.25) is 5.02 Å². The van der Waals surface area contributed by atoms with Crippen molar-refractivity contribution in [3.63, 3.8) is 0 Å². The molecule has 1 aromatic heterocycles. The van der Waals surface area contributed by atoms with E-state index in [-0.39, 0.29) is 24.6 Å². The van der Waals surface area contributed by atoms with Gasteiger partial charge in [0.25, 0.3) is 5.91 Å². The predicted molar refractivity (Wildman–Crippen MR) is 80.1 cm³/mol. The SMILES string of the molecule is Cc1ccc(N(CCC#N)C(=O)c2cnccn2)cc1Cl. The zero-order valence-corrected chi connectivity index (χ0v) is 12.2. The minimum Gasteiger partial charge on any atom is -0.306 e. The van der Waals surface area contributed by atoms with Crippen LogP contribution < -0.4 is 4.90 Å². The summed E-state index contributed by atoms with van der Waals surface area (Å²) < 4.78 is 0. The quantitative estimate of drug-likeness (QED) is 0.870. The van der Waals surface area contributed by atoms with Crippen LogP contribution in [0, 0.1) is 18.3 Å². The van der Waals surface area contributed by atoms with Gasteiger partial charge in [-0.15, -0.1) is 0 Å². The van der Waals surface area contributed by atoms with Gasteiger partial charge in [0.1, 0.15) is 5.69 Å². The van der Waals surface area contributed by atoms with E-state index in [0.717, 1.165) is 5.56 Å². The minimum atomic E-state index is -0.307. The number of aryl methyl sites for hydroxylation is 1. The molecule has 0 N–H and O–H groups in total. The zero-order chi connectivity index (χ0) is 15.2. The lowest BCUT2D eigenvalue weighted by molar-refractivity contribution is 0.0982. The molecule has 0 radical (unpaired) electrons. The molecule has 0 atom stereocenters. The van der Waals surface area contributed by atoms with Gasteiger partial charge in [0.2, 0.25) is 0 Å². The molecule has 5 nitrogen and oxygen atoms in total. The van der Waals surface area contributed by atoms with E-state index in [1.807, 2.05) is 19.1 Å². The normalized spacial score (nSPS) is 9.95. The molecule has 1 heterocycles. The first-order valence-electron chi connectivity index (χ1n) is 6.34. The van der Waals surface area contributed by atoms with Gasteiger partial charge < -0.3 is 4.90 Å². The van der Waals surface area contributed by atoms with Gasteiger partial charge in [-0.1, -0.05) is 17.7 Å². The maximum absolute atomic E-state index is 12.5. The topological polar surface area (TPSA) is 69.9 Å². The molecule has 6 heteroatoms. The van der Waals surface area contributed by atoms with Gasteiger partial charge in [0.15, 0.2) is 0 Å². The summed E-state index contributed by atoms with van der Waals surface area (Å²) in [5.74, 6) is -0.307. The van der Waals surface area contributed by atoms with Crippen LogP contribution in [-0.2, 0) is 0 Å². The lowest BCUT2D eigenvalue weighted by atomic mass is 10.2. The molecule has 2 rings (SSSR count). The first kappa shape index (κ1) is 14.9. The van der Waals surface area contributed by atoms with Gasteiger partial charge in [-0.05, 0) is 24.6 Å². The third-order valence-electron chi connectivity index (χ3n) is 2.94. The molecule has 0 saturated carbocycles. The third-order valence-corrected chi connectivity index (χ3v) is 3.35. The zero-order valence-electron chi connectivity index (χ0n) is 11.5. The van der Waals surface area contributed by atoms with E-state index in [0.29, 0.717) is 10.7 Å². The highest BCUT2D eigenvalue weighted by molar-refractivity contribution is 6.31. The lowest BCUT2D eigenvalue weighted by Crippen LogP contribution is -2.32. The summed E-state index contributed by atoms with van der Waals surface area (Å²) in [5, 5.41) is 9.34. The first-order valence-corrected chi connectivity index (χ1v) is 6.72. The van der Waals surface area contributed by atoms with Gasteiger partial charge in [-0.3, -0.25) is 9.78 Å². The number of benzene rings is 1. The third kappa shape index (κ3) is 3.56. The molecule has 0 aliphatic carbocycles. The summed E-state index contributed by atoms with van der Waals surface area (Å²) in [5.41, 5.74) is 1.79. The monoisotopic (exact) mass is 300 g/mol. The van der Waals surface area contributed by atoms with Crippen molar-refractivity contribution in [3.8, 4) is 6.07 Å². The summed E-state index contributed by atoms with van der Waals surface area (Å²) in [6.45, 7) is 2.15. The molecular weight excluding hydrogens is 288 g/mol. The number of halogens is 1. The Labute approximate surface area is 127 Å². The van der Waals surface area contributed by atoms with Crippen LogP contribution in [0.5, 0.6) is 0 Å². The Bertz CT molecular complexity index is 682. The number of aromatic nitrogens is 2. The van der Waals surface area contributed by atoms with Crippen molar-refractivity contribution in [2.24, 2.45) is 0 Å². The van der Waals surface area contributed by atoms with E-state index in [2.05, 4.69) is 9.97 Å². The van der Waals surface area contributed by atoms with Gasteiger partial charge in [-0.2, -0.15) is 5.26 Å². The Balaban J connectivity index is 2.36. The Hall–Kier alpha value is -2.45. The summed E-state index contributed by atoms with van der Waals surface area (Å²) in [4.78, 5) is 21.9. The lowest BCUT2D eigenvalue weighted by Gasteiger charge is -2.21. The smallest absolute Gasteiger partial charge is 0.278 e. The average molecular weight is 301 g/mol. The number of hydrogen-bond donors (Lipinski definition) is 0. The second kappa shape index (κ2) is 6.82. The molecule has 106 valence electrons. The molecule has 0 spiro atoms. The van der Waals surface area contributed by atoms with E-state index >= 15 is 0 Å². The number of carbonyl (C=O) groups excluding carboxylic acids is 1. The molecule has 2 aromatic rings. The Kier molecular flexibility index (Phi) is 4.85. The molecule has 21 heavy (non-hydrogen) atoms. The molecule has 0 bridgehead atoms. The van der Waals surface area contributed by atoms with Gasteiger partial charge in [0.05, 0.1) is 18.7 Å². The van der Waals surface area contributed by atoms with Gasteiger partial charge >= 0.3 is 0 Å². The molecule has 1 amide bonds. The fourth-order valence-electron chi connectivity index (χ4n) is 1.81. The minimum absolute atomic E-state index is 0.220. The number of amides is 1. The fraction of sp³-hybridized carbons (Fsp3) is 0.200. The van der Waals surface area contributed by atoms with Crippen LogP contribution in [0.15, 0.2) is 36.8 Å². The molecule has 0 unspecified atom stereocenters. The Morgan fingerprint density at radius 3 is 2.86 bits per heavy atom. The summed E-state index contributed by atoms with van der Waals surface area (Å²) in [6, 6.07) is 7.38. The van der Waals surface area contributed by atoms with E-state index in [1.165, 1.54) is 23.5 Å². The molecular formula is C15H13ClN4O. The summed E-state index contributed by atoms with van der Waals surface area (Å²) in [7, 11) is 0. The van der Waals surface area contributed by atoms with Crippen LogP contribution in [0.3, 0.4) is 0 Å². The van der Waals surface area contributed by atoms with Crippen molar-refractivity contribution < 1.29 is 4.79 Å². The maximum Gasteiger partial charge on any atom is 0.278 e. The molecule has 0 aliphatic rings. The number of nitrogens with zero attached hydrogens (tertiary/aromatic N) is 4. The van der Waals surface area contributed by atoms with E-state index in [4.69, 9.17) is 16.9 Å². The maximum atomic E-state index is 12.5. The highest BCUT2D eigenvalue weighted by Crippen LogP contribution is 2.24. The fourth-order valence-corrected chi connectivity index (χ4v) is 1.98. The van der Waals surface area contributed by atoms with Crippen molar-refractivity contribution in [1.29, 1.82) is 5.26 Å². The average Bonchev–Trinajstić information content (AvgIpc) is 2.51. The first-order chi connectivity index (χ1) is 10.1. The second-order valence-corrected chi connectivity index (χ2v) is 4.80. The Morgan fingerprint density at radius 1 is 1.43 bits per heavy atom. The molecule has 1 aromatic carbocycles. The van der Waals surface area contributed by atoms with E-state index < -0.39 is 0 Å². The van der Waals surface area contributed by atoms with Crippen LogP contribution in [0.4, 0.5) is 5.69 Å². The van der Waals surface area contributed by atoms with Gasteiger partial charge in [0, 0.05) is 29.6 Å². The number of anilines is 1. The van der Waals surface area contributed by atoms with Crippen molar-refractivity contribution in [2.45, 2.75) is 13.3 Å². The van der Waals surface area contributed by atoms with Crippen LogP contribution in [0.1, 0.15) is 22.5 Å². The summed E-state index contributed by atoms with van der Waals surface area (Å²) >= 11 is 6.11. The van der Waals surface area contributed by atoms with E-state index in [9.17, 15) is 4.79 Å². The van der Waals surface area contributed by atoms with Crippen molar-refractivity contribution >= 4 is 23.2 Å². The van der Waals surface area contributed by atoms with Crippen molar-refractivity contribution in [3.05, 3.63) is 53.1 Å². The highest BCUT2D eigenvalue weighted by Gasteiger charge is 2.19. The summed E-state index contributed by atoms with van der Waals surface area (Å²) in [6.07, 6.45) is 4.58. The standard InChI is InChI=1S/C15H13ClN4O/c1-11-3-4-12(9-13(11)16)20(8-2-5-17)15(21)14-10-18-6-7-19-14/h3-4,6-7,9-10H,2,8H2,1H3. The predicted octanol–water partition coefficient (Wildman–Crippen LogP) is 3.00. The number of carbonyl (C=O) groups is 1. The number of hydrogen-bond acceptors (Lipinski definition) is 4. The van der Waals surface area contributed by atoms with Crippen molar-refractivity contribution in [2.75, 3.05) is 11.4 Å². The van der Waals surface area contributed by atoms with E-state index in [1.54, 1.807) is 12.1 Å². The van der Waals surface area contributed by atoms with Crippen molar-refractivity contribution in [1.82, 2.24) is 9.97 Å². The number of rotatable bonds is 4. The second-order valence-electron chi connectivity index (χ2n) is 4.39. The van der Waals surface area contributed by atoms with Crippen LogP contribution in [-0.4, -0.2) is 22.4 Å². The highest BCUT2D eigenvalue weighted by atomic mass is 35.5. The van der Waals surface area contributed by atoms with Crippen LogP contribution >= 0.6 is 11.6 Å². The number of nitriles is 1. The molecule has 0 aliphatic heterocycles. The largest absolute Gasteiger partial charge is 0.306 e.